The first-order valence-electron chi connectivity index (χ1n) is 5.36. The molecule has 0 atom stereocenters. The smallest absolute Gasteiger partial charge is 0.123 e. The standard InChI is InChI=1S/C13H13FN2/c1-2-3-12-8-16-13(9-15-12)10-4-6-11(14)7-5-10/h4-9H,2-3H2,1H3. The zero-order chi connectivity index (χ0) is 11.4. The third-order valence-corrected chi connectivity index (χ3v) is 2.35. The molecule has 1 aromatic carbocycles. The molecule has 0 aliphatic heterocycles. The van der Waals surface area contributed by atoms with Gasteiger partial charge >= 0.3 is 0 Å². The molecular formula is C13H13FN2. The highest BCUT2D eigenvalue weighted by molar-refractivity contribution is 5.57. The van der Waals surface area contributed by atoms with Crippen LogP contribution in [0.2, 0.25) is 0 Å². The van der Waals surface area contributed by atoms with Gasteiger partial charge in [0.1, 0.15) is 5.82 Å². The van der Waals surface area contributed by atoms with Gasteiger partial charge < -0.3 is 0 Å². The van der Waals surface area contributed by atoms with Crippen LogP contribution in [0.5, 0.6) is 0 Å². The number of benzene rings is 1. The van der Waals surface area contributed by atoms with Crippen molar-refractivity contribution in [1.82, 2.24) is 9.97 Å². The fourth-order valence-corrected chi connectivity index (χ4v) is 1.51. The molecule has 0 bridgehead atoms. The topological polar surface area (TPSA) is 25.8 Å². The lowest BCUT2D eigenvalue weighted by Crippen LogP contribution is -1.92. The molecule has 0 aliphatic rings. The summed E-state index contributed by atoms with van der Waals surface area (Å²) in [6, 6.07) is 6.27. The minimum Gasteiger partial charge on any atom is -0.257 e. The van der Waals surface area contributed by atoms with Gasteiger partial charge in [0.25, 0.3) is 0 Å². The van der Waals surface area contributed by atoms with Gasteiger partial charge in [0.2, 0.25) is 0 Å². The van der Waals surface area contributed by atoms with E-state index in [2.05, 4.69) is 16.9 Å². The van der Waals surface area contributed by atoms with Crippen LogP contribution >= 0.6 is 0 Å². The maximum atomic E-state index is 12.7. The predicted molar refractivity (Wildman–Crippen MR) is 61.4 cm³/mol. The Morgan fingerprint density at radius 1 is 1.06 bits per heavy atom. The Morgan fingerprint density at radius 3 is 2.38 bits per heavy atom. The molecule has 0 N–H and O–H groups in total. The lowest BCUT2D eigenvalue weighted by molar-refractivity contribution is 0.628. The van der Waals surface area contributed by atoms with E-state index < -0.39 is 0 Å². The molecule has 0 amide bonds. The van der Waals surface area contributed by atoms with Crippen LogP contribution in [0.3, 0.4) is 0 Å². The van der Waals surface area contributed by atoms with Gasteiger partial charge in [-0.05, 0) is 30.7 Å². The van der Waals surface area contributed by atoms with Crippen molar-refractivity contribution in [3.63, 3.8) is 0 Å². The van der Waals surface area contributed by atoms with Gasteiger partial charge in [-0.3, -0.25) is 9.97 Å². The van der Waals surface area contributed by atoms with E-state index in [1.807, 2.05) is 0 Å². The lowest BCUT2D eigenvalue weighted by Gasteiger charge is -2.01. The maximum Gasteiger partial charge on any atom is 0.123 e. The van der Waals surface area contributed by atoms with Crippen LogP contribution in [0.25, 0.3) is 11.3 Å². The minimum absolute atomic E-state index is 0.237. The van der Waals surface area contributed by atoms with E-state index >= 15 is 0 Å². The Morgan fingerprint density at radius 2 is 1.81 bits per heavy atom. The van der Waals surface area contributed by atoms with E-state index in [4.69, 9.17) is 0 Å². The minimum atomic E-state index is -0.237. The van der Waals surface area contributed by atoms with Crippen LogP contribution in [0.4, 0.5) is 4.39 Å². The fraction of sp³-hybridized carbons (Fsp3) is 0.231. The van der Waals surface area contributed by atoms with Gasteiger partial charge in [0, 0.05) is 11.8 Å². The molecule has 0 radical (unpaired) electrons. The number of hydrogen-bond acceptors (Lipinski definition) is 2. The Labute approximate surface area is 94.2 Å². The largest absolute Gasteiger partial charge is 0.257 e. The zero-order valence-electron chi connectivity index (χ0n) is 9.15. The van der Waals surface area contributed by atoms with Crippen molar-refractivity contribution in [2.45, 2.75) is 19.8 Å². The molecular weight excluding hydrogens is 203 g/mol. The Bertz CT molecular complexity index is 448. The number of nitrogens with zero attached hydrogens (tertiary/aromatic N) is 2. The predicted octanol–water partition coefficient (Wildman–Crippen LogP) is 3.24. The summed E-state index contributed by atoms with van der Waals surface area (Å²) in [5.74, 6) is -0.237. The van der Waals surface area contributed by atoms with E-state index in [1.165, 1.54) is 12.1 Å². The first-order valence-corrected chi connectivity index (χ1v) is 5.36. The van der Waals surface area contributed by atoms with Crippen molar-refractivity contribution in [3.8, 4) is 11.3 Å². The average Bonchev–Trinajstić information content (AvgIpc) is 2.32. The molecule has 2 nitrogen and oxygen atoms in total. The van der Waals surface area contributed by atoms with E-state index in [0.29, 0.717) is 0 Å². The van der Waals surface area contributed by atoms with Crippen molar-refractivity contribution in [1.29, 1.82) is 0 Å². The van der Waals surface area contributed by atoms with Crippen LogP contribution in [-0.4, -0.2) is 9.97 Å². The molecule has 0 fully saturated rings. The number of aromatic nitrogens is 2. The summed E-state index contributed by atoms with van der Waals surface area (Å²) in [4.78, 5) is 8.62. The number of aryl methyl sites for hydroxylation is 1. The number of rotatable bonds is 3. The van der Waals surface area contributed by atoms with Gasteiger partial charge in [-0.2, -0.15) is 0 Å². The molecule has 0 saturated heterocycles. The second kappa shape index (κ2) is 4.84. The molecule has 2 rings (SSSR count). The third-order valence-electron chi connectivity index (χ3n) is 2.35. The maximum absolute atomic E-state index is 12.7. The molecule has 1 aromatic heterocycles. The summed E-state index contributed by atoms with van der Waals surface area (Å²) >= 11 is 0. The second-order valence-corrected chi connectivity index (χ2v) is 3.65. The van der Waals surface area contributed by atoms with Crippen LogP contribution in [0.15, 0.2) is 36.7 Å². The van der Waals surface area contributed by atoms with Gasteiger partial charge in [-0.1, -0.05) is 13.3 Å². The molecule has 16 heavy (non-hydrogen) atoms. The molecule has 0 spiro atoms. The van der Waals surface area contributed by atoms with Crippen LogP contribution in [0, 0.1) is 5.82 Å². The summed E-state index contributed by atoms with van der Waals surface area (Å²) in [5.41, 5.74) is 2.66. The van der Waals surface area contributed by atoms with Gasteiger partial charge in [-0.15, -0.1) is 0 Å². The van der Waals surface area contributed by atoms with Crippen molar-refractivity contribution in [2.75, 3.05) is 0 Å². The Balaban J connectivity index is 2.24. The van der Waals surface area contributed by atoms with Gasteiger partial charge in [0.15, 0.2) is 0 Å². The van der Waals surface area contributed by atoms with E-state index in [1.54, 1.807) is 24.5 Å². The van der Waals surface area contributed by atoms with Gasteiger partial charge in [-0.25, -0.2) is 4.39 Å². The number of hydrogen-bond donors (Lipinski definition) is 0. The Hall–Kier alpha value is -1.77. The normalized spacial score (nSPS) is 10.4. The highest BCUT2D eigenvalue weighted by Gasteiger charge is 2.00. The lowest BCUT2D eigenvalue weighted by atomic mass is 10.1. The van der Waals surface area contributed by atoms with Crippen molar-refractivity contribution in [2.24, 2.45) is 0 Å². The Kier molecular flexibility index (Phi) is 3.25. The first-order chi connectivity index (χ1) is 7.79. The van der Waals surface area contributed by atoms with Crippen molar-refractivity contribution < 1.29 is 4.39 Å². The van der Waals surface area contributed by atoms with Crippen LogP contribution in [-0.2, 0) is 6.42 Å². The fourth-order valence-electron chi connectivity index (χ4n) is 1.51. The second-order valence-electron chi connectivity index (χ2n) is 3.65. The summed E-state index contributed by atoms with van der Waals surface area (Å²) in [6.07, 6.45) is 5.52. The molecule has 0 aliphatic carbocycles. The highest BCUT2D eigenvalue weighted by Crippen LogP contribution is 2.16. The molecule has 3 heteroatoms. The van der Waals surface area contributed by atoms with E-state index in [-0.39, 0.29) is 5.82 Å². The van der Waals surface area contributed by atoms with Gasteiger partial charge in [0.05, 0.1) is 17.6 Å². The number of halogens is 1. The molecule has 1 heterocycles. The molecule has 82 valence electrons. The van der Waals surface area contributed by atoms with Crippen molar-refractivity contribution >= 4 is 0 Å². The van der Waals surface area contributed by atoms with E-state index in [0.717, 1.165) is 29.8 Å². The average molecular weight is 216 g/mol. The first kappa shape index (κ1) is 10.7. The summed E-state index contributed by atoms with van der Waals surface area (Å²) in [5, 5.41) is 0. The van der Waals surface area contributed by atoms with E-state index in [9.17, 15) is 4.39 Å². The summed E-state index contributed by atoms with van der Waals surface area (Å²) in [7, 11) is 0. The molecule has 2 aromatic rings. The molecule has 0 unspecified atom stereocenters. The SMILES string of the molecule is CCCc1cnc(-c2ccc(F)cc2)cn1. The molecule has 0 saturated carbocycles. The monoisotopic (exact) mass is 216 g/mol. The third kappa shape index (κ3) is 2.42. The quantitative estimate of drug-likeness (QED) is 0.787. The summed E-state index contributed by atoms with van der Waals surface area (Å²) < 4.78 is 12.7. The van der Waals surface area contributed by atoms with Crippen LogP contribution in [0.1, 0.15) is 19.0 Å². The highest BCUT2D eigenvalue weighted by atomic mass is 19.1. The summed E-state index contributed by atoms with van der Waals surface area (Å²) in [6.45, 7) is 2.11. The van der Waals surface area contributed by atoms with Crippen LogP contribution < -0.4 is 0 Å². The van der Waals surface area contributed by atoms with Crippen molar-refractivity contribution in [3.05, 3.63) is 48.2 Å². The zero-order valence-corrected chi connectivity index (χ0v) is 9.15.